The van der Waals surface area contributed by atoms with E-state index in [2.05, 4.69) is 76.0 Å². The van der Waals surface area contributed by atoms with Gasteiger partial charge in [-0.05, 0) is 91.8 Å². The van der Waals surface area contributed by atoms with E-state index in [9.17, 15) is 0 Å². The van der Waals surface area contributed by atoms with Gasteiger partial charge in [0.1, 0.15) is 5.75 Å². The van der Waals surface area contributed by atoms with Gasteiger partial charge >= 0.3 is 0 Å². The molecule has 2 nitrogen and oxygen atoms in total. The molecule has 3 heteroatoms. The topological polar surface area (TPSA) is 18.5 Å². The molecule has 1 aromatic rings. The summed E-state index contributed by atoms with van der Waals surface area (Å²) in [6, 6.07) is 9.03. The normalized spacial score (nSPS) is 41.2. The van der Waals surface area contributed by atoms with Crippen molar-refractivity contribution in [2.45, 2.75) is 77.4 Å². The highest BCUT2D eigenvalue weighted by molar-refractivity contribution is 6.70. The van der Waals surface area contributed by atoms with Gasteiger partial charge in [-0.2, -0.15) is 0 Å². The first-order chi connectivity index (χ1) is 14.7. The van der Waals surface area contributed by atoms with E-state index < -0.39 is 8.32 Å². The Morgan fingerprint density at radius 1 is 0.968 bits per heavy atom. The lowest BCUT2D eigenvalue weighted by atomic mass is 9.52. The van der Waals surface area contributed by atoms with Crippen LogP contribution in [0.5, 0.6) is 5.75 Å². The number of fused-ring (bicyclic) bond motifs is 2. The molecule has 4 aliphatic rings. The second kappa shape index (κ2) is 7.01. The van der Waals surface area contributed by atoms with Crippen molar-refractivity contribution in [2.24, 2.45) is 28.6 Å². The minimum absolute atomic E-state index is 0.0138. The minimum atomic E-state index is -1.72. The van der Waals surface area contributed by atoms with Gasteiger partial charge in [0.15, 0.2) is 0 Å². The number of ether oxygens (including phenoxy) is 1. The van der Waals surface area contributed by atoms with Gasteiger partial charge in [-0.3, -0.25) is 0 Å². The Labute approximate surface area is 190 Å². The van der Waals surface area contributed by atoms with Gasteiger partial charge in [-0.15, -0.1) is 0 Å². The first-order valence-electron chi connectivity index (χ1n) is 12.4. The number of allylic oxidation sites excluding steroid dienone is 4. The van der Waals surface area contributed by atoms with Crippen LogP contribution < -0.4 is 4.74 Å². The number of methoxy groups -OCH3 is 1. The van der Waals surface area contributed by atoms with Crippen LogP contribution in [0.4, 0.5) is 0 Å². The minimum Gasteiger partial charge on any atom is -0.547 e. The van der Waals surface area contributed by atoms with Gasteiger partial charge in [0, 0.05) is 11.3 Å². The fourth-order valence-corrected chi connectivity index (χ4v) is 9.08. The monoisotopic (exact) mass is 436 g/mol. The third-order valence-electron chi connectivity index (χ3n) is 9.34. The zero-order valence-electron chi connectivity index (χ0n) is 20.3. The van der Waals surface area contributed by atoms with Gasteiger partial charge in [-0.25, -0.2) is 0 Å². The second-order valence-corrected chi connectivity index (χ2v) is 16.4. The number of benzene rings is 1. The molecule has 6 atom stereocenters. The molecule has 2 saturated carbocycles. The number of rotatable bonds is 4. The lowest BCUT2D eigenvalue weighted by molar-refractivity contribution is 0.0303. The smallest absolute Gasteiger partial charge is 0.241 e. The highest BCUT2D eigenvalue weighted by Crippen LogP contribution is 2.80. The molecule has 5 rings (SSSR count). The standard InChI is InChI=1S/C28H40O2Si/c1-20-9-14-23-25(24(19-20)30-31(4,5)6)28(21-10-12-22(29-3)13-11-21)18-17-27(23)16-8-7-15-26(27,28)2/h10-13,17-20,23,25H,7-9,14-16H2,1-6H3/t20-,23+,25+,26-,27+,28+/m1/s1. The molecular formula is C28H40O2Si. The van der Waals surface area contributed by atoms with Gasteiger partial charge in [0.2, 0.25) is 8.32 Å². The second-order valence-electron chi connectivity index (χ2n) is 11.9. The molecule has 4 aliphatic carbocycles. The van der Waals surface area contributed by atoms with Crippen LogP contribution in [0.3, 0.4) is 0 Å². The highest BCUT2D eigenvalue weighted by atomic mass is 28.4. The van der Waals surface area contributed by atoms with Crippen LogP contribution in [0.1, 0.15) is 57.9 Å². The molecule has 0 N–H and O–H groups in total. The largest absolute Gasteiger partial charge is 0.547 e. The quantitative estimate of drug-likeness (QED) is 0.360. The van der Waals surface area contributed by atoms with Crippen molar-refractivity contribution in [1.82, 2.24) is 0 Å². The maximum Gasteiger partial charge on any atom is 0.241 e. The van der Waals surface area contributed by atoms with Crippen LogP contribution in [0.25, 0.3) is 0 Å². The van der Waals surface area contributed by atoms with Crippen LogP contribution in [0.15, 0.2) is 48.3 Å². The molecule has 1 aromatic carbocycles. The average molecular weight is 437 g/mol. The summed E-state index contributed by atoms with van der Waals surface area (Å²) in [4.78, 5) is 0. The summed E-state index contributed by atoms with van der Waals surface area (Å²) in [6.07, 6.45) is 15.8. The predicted molar refractivity (Wildman–Crippen MR) is 131 cm³/mol. The molecule has 0 aromatic heterocycles. The molecule has 168 valence electrons. The summed E-state index contributed by atoms with van der Waals surface area (Å²) >= 11 is 0. The van der Waals surface area contributed by atoms with E-state index >= 15 is 0 Å². The molecule has 0 aliphatic heterocycles. The lowest BCUT2D eigenvalue weighted by Gasteiger charge is -2.51. The van der Waals surface area contributed by atoms with E-state index in [1.54, 1.807) is 7.11 Å². The lowest BCUT2D eigenvalue weighted by Crippen LogP contribution is -2.47. The Hall–Kier alpha value is -1.48. The molecule has 0 amide bonds. The zero-order chi connectivity index (χ0) is 22.1. The molecular weight excluding hydrogens is 396 g/mol. The fraction of sp³-hybridized carbons (Fsp3) is 0.643. The number of hydrogen-bond acceptors (Lipinski definition) is 2. The Kier molecular flexibility index (Phi) is 4.83. The van der Waals surface area contributed by atoms with Crippen molar-refractivity contribution in [1.29, 1.82) is 0 Å². The van der Waals surface area contributed by atoms with E-state index in [1.807, 2.05) is 0 Å². The Morgan fingerprint density at radius 3 is 2.35 bits per heavy atom. The zero-order valence-corrected chi connectivity index (χ0v) is 21.3. The predicted octanol–water partition coefficient (Wildman–Crippen LogP) is 7.48. The summed E-state index contributed by atoms with van der Waals surface area (Å²) in [5.74, 6) is 3.99. The molecule has 0 heterocycles. The SMILES string of the molecule is COc1ccc([C@]23C=C[C@@]4(CCCC[C@@]24C)[C@H]2CC[C@@H](C)C=C(O[Si](C)(C)C)[C@H]23)cc1. The van der Waals surface area contributed by atoms with Gasteiger partial charge in [0.25, 0.3) is 0 Å². The Bertz CT molecular complexity index is 910. The van der Waals surface area contributed by atoms with Crippen LogP contribution in [-0.4, -0.2) is 15.4 Å². The van der Waals surface area contributed by atoms with Crippen molar-refractivity contribution in [2.75, 3.05) is 7.11 Å². The molecule has 0 radical (unpaired) electrons. The van der Waals surface area contributed by atoms with Crippen molar-refractivity contribution in [3.63, 3.8) is 0 Å². The molecule has 0 unspecified atom stereocenters. The van der Waals surface area contributed by atoms with Gasteiger partial charge in [0.05, 0.1) is 12.9 Å². The molecule has 0 spiro atoms. The molecule has 2 fully saturated rings. The fourth-order valence-electron chi connectivity index (χ4n) is 8.18. The highest BCUT2D eigenvalue weighted by Gasteiger charge is 2.76. The molecule has 2 bridgehead atoms. The maximum absolute atomic E-state index is 6.98. The molecule has 0 saturated heterocycles. The summed E-state index contributed by atoms with van der Waals surface area (Å²) in [5, 5.41) is 0. The Morgan fingerprint density at radius 2 is 1.68 bits per heavy atom. The van der Waals surface area contributed by atoms with Crippen molar-refractivity contribution in [3.05, 3.63) is 53.8 Å². The van der Waals surface area contributed by atoms with Crippen molar-refractivity contribution >= 4 is 8.32 Å². The first-order valence-corrected chi connectivity index (χ1v) is 15.8. The summed E-state index contributed by atoms with van der Waals surface area (Å²) in [6.45, 7) is 12.0. The van der Waals surface area contributed by atoms with E-state index in [-0.39, 0.29) is 10.8 Å². The average Bonchev–Trinajstić information content (AvgIpc) is 3.02. The number of hydrogen-bond donors (Lipinski definition) is 0. The van der Waals surface area contributed by atoms with E-state index in [1.165, 1.54) is 49.8 Å². The Balaban J connectivity index is 1.74. The third-order valence-corrected chi connectivity index (χ3v) is 10.2. The maximum atomic E-state index is 6.98. The van der Waals surface area contributed by atoms with Gasteiger partial charge in [-0.1, -0.05) is 51.0 Å². The van der Waals surface area contributed by atoms with Crippen LogP contribution in [0.2, 0.25) is 19.6 Å². The van der Waals surface area contributed by atoms with Crippen LogP contribution in [0, 0.1) is 28.6 Å². The van der Waals surface area contributed by atoms with Crippen LogP contribution in [-0.2, 0) is 9.84 Å². The molecule has 31 heavy (non-hydrogen) atoms. The summed E-state index contributed by atoms with van der Waals surface area (Å²) < 4.78 is 12.5. The third kappa shape index (κ3) is 2.81. The van der Waals surface area contributed by atoms with Crippen LogP contribution >= 0.6 is 0 Å². The summed E-state index contributed by atoms with van der Waals surface area (Å²) in [7, 11) is 0.0407. The van der Waals surface area contributed by atoms with Crippen molar-refractivity contribution in [3.8, 4) is 5.75 Å². The van der Waals surface area contributed by atoms with Gasteiger partial charge < -0.3 is 9.16 Å². The summed E-state index contributed by atoms with van der Waals surface area (Å²) in [5.41, 5.74) is 2.04. The van der Waals surface area contributed by atoms with E-state index in [0.29, 0.717) is 23.2 Å². The van der Waals surface area contributed by atoms with E-state index in [4.69, 9.17) is 9.16 Å². The van der Waals surface area contributed by atoms with E-state index in [0.717, 1.165) is 5.75 Å². The van der Waals surface area contributed by atoms with Crippen molar-refractivity contribution < 1.29 is 9.16 Å². The first kappa shape index (κ1) is 21.4.